The van der Waals surface area contributed by atoms with E-state index in [1.165, 1.54) is 5.56 Å². The number of hydrogen-bond acceptors (Lipinski definition) is 4. The van der Waals surface area contributed by atoms with Gasteiger partial charge in [0.25, 0.3) is 5.91 Å². The molecule has 164 valence electrons. The Balaban J connectivity index is 1.14. The molecule has 7 heteroatoms. The number of likely N-dealkylation sites (tertiary alicyclic amines) is 1. The van der Waals surface area contributed by atoms with E-state index in [1.54, 1.807) is 12.1 Å². The number of aryl methyl sites for hydroxylation is 1. The van der Waals surface area contributed by atoms with Gasteiger partial charge in [-0.25, -0.2) is 0 Å². The molecule has 31 heavy (non-hydrogen) atoms. The summed E-state index contributed by atoms with van der Waals surface area (Å²) in [6, 6.07) is 11.6. The molecule has 4 rings (SSSR count). The maximum Gasteiger partial charge on any atom is 0.251 e. The van der Waals surface area contributed by atoms with E-state index in [1.807, 2.05) is 37.4 Å². The minimum Gasteiger partial charge on any atom is -0.349 e. The Bertz CT molecular complexity index is 968. The number of hydrogen-bond donors (Lipinski definition) is 3. The first-order valence-corrected chi connectivity index (χ1v) is 11.0. The fourth-order valence-electron chi connectivity index (χ4n) is 4.68. The maximum absolute atomic E-state index is 12.2. The highest BCUT2D eigenvalue weighted by Crippen LogP contribution is 2.35. The third kappa shape index (κ3) is 5.41. The second kappa shape index (κ2) is 9.47. The highest BCUT2D eigenvalue weighted by Gasteiger charge is 2.35. The fourth-order valence-corrected chi connectivity index (χ4v) is 4.68. The van der Waals surface area contributed by atoms with Crippen LogP contribution in [-0.4, -0.2) is 53.4 Å². The molecular formula is C24H30N4O3. The van der Waals surface area contributed by atoms with Crippen molar-refractivity contribution in [1.29, 1.82) is 0 Å². The van der Waals surface area contributed by atoms with Crippen LogP contribution in [0.3, 0.4) is 0 Å². The van der Waals surface area contributed by atoms with Gasteiger partial charge in [-0.15, -0.1) is 0 Å². The number of carbonyl (C=O) groups excluding carboxylic acids is 2. The van der Waals surface area contributed by atoms with Crippen LogP contribution in [0.25, 0.3) is 0 Å². The summed E-state index contributed by atoms with van der Waals surface area (Å²) in [6.45, 7) is 3.66. The lowest BCUT2D eigenvalue weighted by molar-refractivity contribution is -0.122. The van der Waals surface area contributed by atoms with Gasteiger partial charge in [0.1, 0.15) is 0 Å². The van der Waals surface area contributed by atoms with Crippen LogP contribution in [0.2, 0.25) is 0 Å². The smallest absolute Gasteiger partial charge is 0.251 e. The summed E-state index contributed by atoms with van der Waals surface area (Å²) < 4.78 is 0. The van der Waals surface area contributed by atoms with E-state index in [0.717, 1.165) is 44.3 Å². The Morgan fingerprint density at radius 3 is 2.55 bits per heavy atom. The topological polar surface area (TPSA) is 94.3 Å². The van der Waals surface area contributed by atoms with Crippen molar-refractivity contribution in [3.8, 4) is 0 Å². The van der Waals surface area contributed by atoms with Gasteiger partial charge in [0, 0.05) is 37.0 Å². The van der Waals surface area contributed by atoms with Gasteiger partial charge in [-0.1, -0.05) is 23.8 Å². The third-order valence-electron chi connectivity index (χ3n) is 6.46. The minimum absolute atomic E-state index is 0.00640. The molecule has 1 aliphatic carbocycles. The van der Waals surface area contributed by atoms with Crippen LogP contribution in [0.5, 0.6) is 0 Å². The summed E-state index contributed by atoms with van der Waals surface area (Å²) in [5.74, 6) is 0.141. The minimum atomic E-state index is -0.228. The standard InChI is InChI=1S/C24H30N4O3/c1-16-3-2-4-18(11-16)24(31)26-13-23(30)27-20-14-28(15-20)21-8-5-17(6-9-21)19-7-10-22(29)25-12-19/h2-4,7,10-12,17,20-21H,5-6,8-9,13-15H2,1H3,(H,25,29)(H,26,31)(H,27,30). The molecule has 1 aliphatic heterocycles. The zero-order valence-electron chi connectivity index (χ0n) is 17.9. The largest absolute Gasteiger partial charge is 0.349 e. The summed E-state index contributed by atoms with van der Waals surface area (Å²) in [5.41, 5.74) is 2.75. The van der Waals surface area contributed by atoms with Crippen molar-refractivity contribution in [2.45, 2.75) is 50.6 Å². The predicted octanol–water partition coefficient (Wildman–Crippen LogP) is 1.94. The van der Waals surface area contributed by atoms with Gasteiger partial charge in [0.15, 0.2) is 0 Å². The number of aromatic amines is 1. The molecule has 0 spiro atoms. The van der Waals surface area contributed by atoms with E-state index >= 15 is 0 Å². The van der Waals surface area contributed by atoms with Gasteiger partial charge >= 0.3 is 0 Å². The molecule has 7 nitrogen and oxygen atoms in total. The van der Waals surface area contributed by atoms with E-state index in [9.17, 15) is 14.4 Å². The Morgan fingerprint density at radius 1 is 1.10 bits per heavy atom. The van der Waals surface area contributed by atoms with Gasteiger partial charge in [0.2, 0.25) is 11.5 Å². The quantitative estimate of drug-likeness (QED) is 0.663. The van der Waals surface area contributed by atoms with Gasteiger partial charge in [-0.2, -0.15) is 0 Å². The number of nitrogens with one attached hydrogen (secondary N) is 3. The molecular weight excluding hydrogens is 392 g/mol. The van der Waals surface area contributed by atoms with Crippen LogP contribution in [0, 0.1) is 6.92 Å². The van der Waals surface area contributed by atoms with E-state index in [4.69, 9.17) is 0 Å². The number of rotatable bonds is 6. The Kier molecular flexibility index (Phi) is 6.51. The van der Waals surface area contributed by atoms with E-state index in [0.29, 0.717) is 17.5 Å². The zero-order chi connectivity index (χ0) is 21.8. The molecule has 0 radical (unpaired) electrons. The van der Waals surface area contributed by atoms with Gasteiger partial charge in [0.05, 0.1) is 12.6 Å². The number of amides is 2. The highest BCUT2D eigenvalue weighted by molar-refractivity contribution is 5.96. The zero-order valence-corrected chi connectivity index (χ0v) is 17.9. The van der Waals surface area contributed by atoms with Crippen molar-refractivity contribution in [2.75, 3.05) is 19.6 Å². The average molecular weight is 423 g/mol. The number of nitrogens with zero attached hydrogens (tertiary/aromatic N) is 1. The Labute approximate surface area is 182 Å². The normalized spacial score (nSPS) is 21.8. The van der Waals surface area contributed by atoms with Crippen molar-refractivity contribution >= 4 is 11.8 Å². The Hall–Kier alpha value is -2.93. The monoisotopic (exact) mass is 422 g/mol. The molecule has 0 bridgehead atoms. The summed E-state index contributed by atoms with van der Waals surface area (Å²) in [4.78, 5) is 40.8. The van der Waals surface area contributed by atoms with E-state index in [2.05, 4.69) is 20.5 Å². The molecule has 1 saturated heterocycles. The average Bonchev–Trinajstić information content (AvgIpc) is 2.75. The van der Waals surface area contributed by atoms with Gasteiger partial charge in [-0.3, -0.25) is 19.3 Å². The highest BCUT2D eigenvalue weighted by atomic mass is 16.2. The summed E-state index contributed by atoms with van der Waals surface area (Å²) in [7, 11) is 0. The second-order valence-corrected chi connectivity index (χ2v) is 8.76. The molecule has 2 fully saturated rings. The van der Waals surface area contributed by atoms with Crippen molar-refractivity contribution in [2.24, 2.45) is 0 Å². The first kappa shape index (κ1) is 21.3. The number of benzene rings is 1. The third-order valence-corrected chi connectivity index (χ3v) is 6.46. The molecule has 1 saturated carbocycles. The van der Waals surface area contributed by atoms with Gasteiger partial charge in [-0.05, 0) is 56.2 Å². The van der Waals surface area contributed by atoms with Crippen LogP contribution >= 0.6 is 0 Å². The number of aromatic nitrogens is 1. The van der Waals surface area contributed by atoms with Crippen LogP contribution in [0.15, 0.2) is 47.4 Å². The molecule has 1 aromatic heterocycles. The SMILES string of the molecule is Cc1cccc(C(=O)NCC(=O)NC2CN(C3CCC(c4ccc(=O)[nH]c4)CC3)C2)c1. The van der Waals surface area contributed by atoms with Crippen LogP contribution < -0.4 is 16.2 Å². The number of pyridine rings is 1. The van der Waals surface area contributed by atoms with Crippen LogP contribution in [-0.2, 0) is 4.79 Å². The fraction of sp³-hybridized carbons (Fsp3) is 0.458. The molecule has 3 N–H and O–H groups in total. The molecule has 1 aromatic carbocycles. The molecule has 0 unspecified atom stereocenters. The van der Waals surface area contributed by atoms with Crippen LogP contribution in [0.1, 0.15) is 53.1 Å². The lowest BCUT2D eigenvalue weighted by Gasteiger charge is -2.46. The summed E-state index contributed by atoms with van der Waals surface area (Å²) >= 11 is 0. The van der Waals surface area contributed by atoms with E-state index < -0.39 is 0 Å². The van der Waals surface area contributed by atoms with Crippen molar-refractivity contribution in [3.05, 3.63) is 69.6 Å². The second-order valence-electron chi connectivity index (χ2n) is 8.76. The van der Waals surface area contributed by atoms with Gasteiger partial charge < -0.3 is 15.6 Å². The number of H-pyrrole nitrogens is 1. The molecule has 2 amide bonds. The molecule has 2 aromatic rings. The van der Waals surface area contributed by atoms with Crippen LogP contribution in [0.4, 0.5) is 0 Å². The molecule has 2 heterocycles. The first-order valence-electron chi connectivity index (χ1n) is 11.0. The van der Waals surface area contributed by atoms with Crippen molar-refractivity contribution in [1.82, 2.24) is 20.5 Å². The lowest BCUT2D eigenvalue weighted by atomic mass is 9.81. The first-order chi connectivity index (χ1) is 15.0. The Morgan fingerprint density at radius 2 is 1.87 bits per heavy atom. The summed E-state index contributed by atoms with van der Waals surface area (Å²) in [6.07, 6.45) is 6.36. The predicted molar refractivity (Wildman–Crippen MR) is 119 cm³/mol. The van der Waals surface area contributed by atoms with Crippen molar-refractivity contribution < 1.29 is 9.59 Å². The maximum atomic E-state index is 12.2. The molecule has 2 aliphatic rings. The van der Waals surface area contributed by atoms with Crippen molar-refractivity contribution in [3.63, 3.8) is 0 Å². The molecule has 0 atom stereocenters. The number of carbonyl (C=O) groups is 2. The lowest BCUT2D eigenvalue weighted by Crippen LogP contribution is -2.63. The van der Waals surface area contributed by atoms with E-state index in [-0.39, 0.29) is 30.0 Å². The summed E-state index contributed by atoms with van der Waals surface area (Å²) in [5, 5.41) is 5.71.